The maximum Gasteiger partial charge on any atom is 0.317 e. The first-order valence-electron chi connectivity index (χ1n) is 8.00. The van der Waals surface area contributed by atoms with Crippen LogP contribution in [0.4, 0.5) is 4.79 Å². The first-order valence-corrected chi connectivity index (χ1v) is 8.00. The highest BCUT2D eigenvalue weighted by Crippen LogP contribution is 2.20. The van der Waals surface area contributed by atoms with Crippen LogP contribution in [0.2, 0.25) is 0 Å². The molecule has 2 rings (SSSR count). The lowest BCUT2D eigenvalue weighted by molar-refractivity contribution is -0.119. The van der Waals surface area contributed by atoms with Crippen LogP contribution in [0.15, 0.2) is 30.3 Å². The van der Waals surface area contributed by atoms with Crippen molar-refractivity contribution < 1.29 is 9.59 Å². The maximum absolute atomic E-state index is 12.1. The zero-order valence-corrected chi connectivity index (χ0v) is 13.0. The van der Waals surface area contributed by atoms with Gasteiger partial charge in [-0.3, -0.25) is 4.79 Å². The molecule has 0 bridgehead atoms. The van der Waals surface area contributed by atoms with E-state index in [0.717, 1.165) is 25.7 Å². The van der Waals surface area contributed by atoms with Crippen LogP contribution < -0.4 is 11.1 Å². The predicted octanol–water partition coefficient (Wildman–Crippen LogP) is 1.92. The Labute approximate surface area is 131 Å². The summed E-state index contributed by atoms with van der Waals surface area (Å²) in [5, 5.41) is 2.97. The van der Waals surface area contributed by atoms with Gasteiger partial charge in [-0.05, 0) is 37.2 Å². The standard InChI is InChI=1S/C17H25N3O2/c18-16(21)13-15-8-11-20(12-9-15)17(22)19-10-4-7-14-5-2-1-3-6-14/h1-3,5-6,15H,4,7-13H2,(H2,18,21)(H,19,22). The molecule has 5 heteroatoms. The van der Waals surface area contributed by atoms with Gasteiger partial charge in [-0.15, -0.1) is 0 Å². The third-order valence-electron chi connectivity index (χ3n) is 4.15. The lowest BCUT2D eigenvalue weighted by Gasteiger charge is -2.31. The number of likely N-dealkylation sites (tertiary alicyclic amines) is 1. The van der Waals surface area contributed by atoms with Crippen LogP contribution in [0.5, 0.6) is 0 Å². The van der Waals surface area contributed by atoms with Gasteiger partial charge in [0.2, 0.25) is 5.91 Å². The molecule has 1 aromatic rings. The van der Waals surface area contributed by atoms with E-state index < -0.39 is 0 Å². The van der Waals surface area contributed by atoms with E-state index in [9.17, 15) is 9.59 Å². The number of nitrogens with zero attached hydrogens (tertiary/aromatic N) is 1. The highest BCUT2D eigenvalue weighted by atomic mass is 16.2. The summed E-state index contributed by atoms with van der Waals surface area (Å²) in [6, 6.07) is 10.3. The second kappa shape index (κ2) is 8.41. The minimum absolute atomic E-state index is 0.00517. The molecule has 1 saturated heterocycles. The summed E-state index contributed by atoms with van der Waals surface area (Å²) in [6.45, 7) is 2.11. The lowest BCUT2D eigenvalue weighted by Crippen LogP contribution is -2.45. The van der Waals surface area contributed by atoms with Crippen LogP contribution in [-0.2, 0) is 11.2 Å². The second-order valence-corrected chi connectivity index (χ2v) is 5.92. The van der Waals surface area contributed by atoms with Gasteiger partial charge in [0.25, 0.3) is 0 Å². The van der Waals surface area contributed by atoms with Crippen molar-refractivity contribution in [1.82, 2.24) is 10.2 Å². The number of primary amides is 1. The van der Waals surface area contributed by atoms with Crippen LogP contribution in [0.3, 0.4) is 0 Å². The normalized spacial score (nSPS) is 15.5. The number of hydrogen-bond acceptors (Lipinski definition) is 2. The number of benzene rings is 1. The van der Waals surface area contributed by atoms with Crippen molar-refractivity contribution in [3.8, 4) is 0 Å². The molecule has 0 saturated carbocycles. The van der Waals surface area contributed by atoms with Crippen molar-refractivity contribution in [2.24, 2.45) is 11.7 Å². The van der Waals surface area contributed by atoms with Crippen molar-refractivity contribution in [3.63, 3.8) is 0 Å². The third-order valence-corrected chi connectivity index (χ3v) is 4.15. The fourth-order valence-electron chi connectivity index (χ4n) is 2.87. The maximum atomic E-state index is 12.1. The van der Waals surface area contributed by atoms with Gasteiger partial charge < -0.3 is 16.0 Å². The number of carbonyl (C=O) groups excluding carboxylic acids is 2. The van der Waals surface area contributed by atoms with E-state index in [1.807, 2.05) is 23.1 Å². The number of nitrogens with one attached hydrogen (secondary N) is 1. The van der Waals surface area contributed by atoms with Crippen LogP contribution >= 0.6 is 0 Å². The van der Waals surface area contributed by atoms with Crippen molar-refractivity contribution in [3.05, 3.63) is 35.9 Å². The van der Waals surface area contributed by atoms with E-state index in [-0.39, 0.29) is 11.9 Å². The summed E-state index contributed by atoms with van der Waals surface area (Å²) in [5.41, 5.74) is 6.51. The molecule has 3 N–H and O–H groups in total. The van der Waals surface area contributed by atoms with Crippen molar-refractivity contribution in [1.29, 1.82) is 0 Å². The smallest absolute Gasteiger partial charge is 0.317 e. The monoisotopic (exact) mass is 303 g/mol. The molecule has 22 heavy (non-hydrogen) atoms. The van der Waals surface area contributed by atoms with E-state index in [2.05, 4.69) is 17.4 Å². The lowest BCUT2D eigenvalue weighted by atomic mass is 9.93. The number of carbonyl (C=O) groups is 2. The van der Waals surface area contributed by atoms with Crippen LogP contribution in [-0.4, -0.2) is 36.5 Å². The quantitative estimate of drug-likeness (QED) is 0.788. The Hall–Kier alpha value is -2.04. The molecule has 1 aliphatic heterocycles. The molecule has 1 heterocycles. The van der Waals surface area contributed by atoms with Gasteiger partial charge in [0.15, 0.2) is 0 Å². The Bertz CT molecular complexity index is 482. The average Bonchev–Trinajstić information content (AvgIpc) is 2.52. The van der Waals surface area contributed by atoms with E-state index in [0.29, 0.717) is 32.0 Å². The molecular formula is C17H25N3O2. The van der Waals surface area contributed by atoms with Gasteiger partial charge in [0.05, 0.1) is 0 Å². The average molecular weight is 303 g/mol. The molecule has 5 nitrogen and oxygen atoms in total. The molecular weight excluding hydrogens is 278 g/mol. The predicted molar refractivity (Wildman–Crippen MR) is 86.3 cm³/mol. The van der Waals surface area contributed by atoms with E-state index in [1.54, 1.807) is 0 Å². The van der Waals surface area contributed by atoms with E-state index in [4.69, 9.17) is 5.73 Å². The van der Waals surface area contributed by atoms with Gasteiger partial charge in [0.1, 0.15) is 0 Å². The molecule has 120 valence electrons. The Morgan fingerprint density at radius 1 is 1.18 bits per heavy atom. The van der Waals surface area contributed by atoms with Gasteiger partial charge in [0, 0.05) is 26.1 Å². The number of rotatable bonds is 6. The molecule has 1 aliphatic rings. The topological polar surface area (TPSA) is 75.4 Å². The van der Waals surface area contributed by atoms with Crippen molar-refractivity contribution in [2.45, 2.75) is 32.1 Å². The summed E-state index contributed by atoms with van der Waals surface area (Å²) in [6.07, 6.45) is 4.07. The van der Waals surface area contributed by atoms with Crippen molar-refractivity contribution in [2.75, 3.05) is 19.6 Å². The van der Waals surface area contributed by atoms with Gasteiger partial charge in [-0.25, -0.2) is 4.79 Å². The SMILES string of the molecule is NC(=O)CC1CCN(C(=O)NCCCc2ccccc2)CC1. The number of piperidine rings is 1. The minimum Gasteiger partial charge on any atom is -0.370 e. The van der Waals surface area contributed by atoms with Gasteiger partial charge in [-0.2, -0.15) is 0 Å². The first kappa shape index (κ1) is 16.3. The molecule has 1 aromatic carbocycles. The fourth-order valence-corrected chi connectivity index (χ4v) is 2.87. The molecule has 0 atom stereocenters. The molecule has 1 fully saturated rings. The second-order valence-electron chi connectivity index (χ2n) is 5.92. The Kier molecular flexibility index (Phi) is 6.25. The van der Waals surface area contributed by atoms with Gasteiger partial charge in [-0.1, -0.05) is 30.3 Å². The fraction of sp³-hybridized carbons (Fsp3) is 0.529. The molecule has 3 amide bonds. The first-order chi connectivity index (χ1) is 10.6. The molecule has 0 aliphatic carbocycles. The summed E-state index contributed by atoms with van der Waals surface area (Å²) >= 11 is 0. The van der Waals surface area contributed by atoms with Crippen LogP contribution in [0, 0.1) is 5.92 Å². The summed E-state index contributed by atoms with van der Waals surface area (Å²) < 4.78 is 0. The molecule has 0 unspecified atom stereocenters. The highest BCUT2D eigenvalue weighted by Gasteiger charge is 2.23. The summed E-state index contributed by atoms with van der Waals surface area (Å²) in [7, 11) is 0. The number of aryl methyl sites for hydroxylation is 1. The number of hydrogen-bond donors (Lipinski definition) is 2. The largest absolute Gasteiger partial charge is 0.370 e. The number of amides is 3. The van der Waals surface area contributed by atoms with Crippen molar-refractivity contribution >= 4 is 11.9 Å². The molecule has 0 aromatic heterocycles. The zero-order valence-electron chi connectivity index (χ0n) is 13.0. The Morgan fingerprint density at radius 2 is 1.86 bits per heavy atom. The summed E-state index contributed by atoms with van der Waals surface area (Å²) in [4.78, 5) is 24.8. The Morgan fingerprint density at radius 3 is 2.50 bits per heavy atom. The number of nitrogens with two attached hydrogens (primary N) is 1. The Balaban J connectivity index is 1.61. The highest BCUT2D eigenvalue weighted by molar-refractivity contribution is 5.75. The third kappa shape index (κ3) is 5.39. The molecule has 0 radical (unpaired) electrons. The van der Waals surface area contributed by atoms with Gasteiger partial charge >= 0.3 is 6.03 Å². The summed E-state index contributed by atoms with van der Waals surface area (Å²) in [5.74, 6) is 0.0865. The zero-order chi connectivity index (χ0) is 15.8. The molecule has 0 spiro atoms. The van der Waals surface area contributed by atoms with Crippen LogP contribution in [0.1, 0.15) is 31.2 Å². The minimum atomic E-state index is -0.246. The van der Waals surface area contributed by atoms with Crippen LogP contribution in [0.25, 0.3) is 0 Å². The van der Waals surface area contributed by atoms with E-state index >= 15 is 0 Å². The van der Waals surface area contributed by atoms with E-state index in [1.165, 1.54) is 5.56 Å². The number of urea groups is 1.